The van der Waals surface area contributed by atoms with Gasteiger partial charge in [-0.3, -0.25) is 19.3 Å². The molecule has 37 heavy (non-hydrogen) atoms. The Bertz CT molecular complexity index is 1150. The summed E-state index contributed by atoms with van der Waals surface area (Å²) in [7, 11) is 1.05. The van der Waals surface area contributed by atoms with Crippen molar-refractivity contribution >= 4 is 52.0 Å². The number of anilines is 2. The maximum atomic E-state index is 13.8. The van der Waals surface area contributed by atoms with Crippen molar-refractivity contribution in [3.63, 3.8) is 0 Å². The number of morpholine rings is 1. The van der Waals surface area contributed by atoms with Crippen LogP contribution in [-0.2, 0) is 14.3 Å². The van der Waals surface area contributed by atoms with Crippen molar-refractivity contribution < 1.29 is 41.1 Å². The van der Waals surface area contributed by atoms with Gasteiger partial charge in [-0.15, -0.1) is 11.3 Å². The number of amides is 3. The molecule has 0 radical (unpaired) electrons. The number of hydrogen-bond donors (Lipinski definition) is 2. The second-order valence-corrected chi connectivity index (χ2v) is 9.74. The summed E-state index contributed by atoms with van der Waals surface area (Å²) in [6.45, 7) is -2.02. The van der Waals surface area contributed by atoms with Crippen molar-refractivity contribution in [3.8, 4) is 0 Å². The van der Waals surface area contributed by atoms with Gasteiger partial charge in [-0.05, 0) is 37.4 Å². The van der Waals surface area contributed by atoms with Crippen LogP contribution >= 0.6 is 22.9 Å². The third kappa shape index (κ3) is 7.84. The van der Waals surface area contributed by atoms with Crippen LogP contribution in [0.3, 0.4) is 0 Å². The summed E-state index contributed by atoms with van der Waals surface area (Å²) in [5.74, 6) is -2.12. The van der Waals surface area contributed by atoms with E-state index in [0.29, 0.717) is 9.24 Å². The van der Waals surface area contributed by atoms with Gasteiger partial charge in [-0.2, -0.15) is 13.2 Å². The second-order valence-electron chi connectivity index (χ2n) is 8.02. The van der Waals surface area contributed by atoms with E-state index in [1.54, 1.807) is 0 Å². The van der Waals surface area contributed by atoms with Gasteiger partial charge >= 0.3 is 6.18 Å². The third-order valence-corrected chi connectivity index (χ3v) is 6.55. The molecule has 0 bridgehead atoms. The molecule has 1 aliphatic rings. The fourth-order valence-electron chi connectivity index (χ4n) is 3.61. The van der Waals surface area contributed by atoms with Gasteiger partial charge < -0.3 is 20.3 Å². The van der Waals surface area contributed by atoms with Gasteiger partial charge in [0.1, 0.15) is 12.6 Å². The first kappa shape index (κ1) is 28.8. The summed E-state index contributed by atoms with van der Waals surface area (Å²) in [6.07, 6.45) is -7.66. The normalized spacial score (nSPS) is 15.3. The maximum absolute atomic E-state index is 13.8. The quantitative estimate of drug-likeness (QED) is 0.447. The highest BCUT2D eigenvalue weighted by atomic mass is 35.5. The van der Waals surface area contributed by atoms with Gasteiger partial charge in [0.2, 0.25) is 5.91 Å². The number of ether oxygens (including phenoxy) is 1. The van der Waals surface area contributed by atoms with Crippen LogP contribution in [0, 0.1) is 0 Å². The summed E-state index contributed by atoms with van der Waals surface area (Å²) in [4.78, 5) is 39.4. The van der Waals surface area contributed by atoms with E-state index < -0.39 is 55.0 Å². The Morgan fingerprint density at radius 2 is 1.97 bits per heavy atom. The minimum atomic E-state index is -4.65. The van der Waals surface area contributed by atoms with Crippen LogP contribution in [0.5, 0.6) is 0 Å². The molecule has 1 fully saturated rings. The monoisotopic (exact) mass is 568 g/mol. The van der Waals surface area contributed by atoms with E-state index in [0.717, 1.165) is 29.4 Å². The summed E-state index contributed by atoms with van der Waals surface area (Å²) in [6, 6.07) is 4.82. The number of benzene rings is 1. The summed E-state index contributed by atoms with van der Waals surface area (Å²) in [5.41, 5.74) is -0.725. The van der Waals surface area contributed by atoms with E-state index in [1.165, 1.54) is 24.3 Å². The molecule has 1 aromatic heterocycles. The van der Waals surface area contributed by atoms with Crippen molar-refractivity contribution in [1.82, 2.24) is 10.2 Å². The van der Waals surface area contributed by atoms with Gasteiger partial charge in [0.05, 0.1) is 28.1 Å². The summed E-state index contributed by atoms with van der Waals surface area (Å²) < 4.78 is 72.0. The SMILES string of the molecule is CN(CC(F)(F)F)[C@@H](CNC(=O)c1ccc(Cl)s1)C(=O)Nc1ccc(N2CCOCC2=O)c(C(F)F)c1. The zero-order chi connectivity index (χ0) is 27.3. The Hall–Kier alpha value is -2.81. The molecule has 0 saturated carbocycles. The van der Waals surface area contributed by atoms with Gasteiger partial charge in [-0.1, -0.05) is 11.6 Å². The molecule has 2 heterocycles. The van der Waals surface area contributed by atoms with Gasteiger partial charge in [0.15, 0.2) is 0 Å². The fourth-order valence-corrected chi connectivity index (χ4v) is 4.57. The van der Waals surface area contributed by atoms with Crippen LogP contribution in [0.15, 0.2) is 30.3 Å². The number of thiophene rings is 1. The van der Waals surface area contributed by atoms with Crippen LogP contribution in [0.25, 0.3) is 0 Å². The molecule has 0 aliphatic carbocycles. The van der Waals surface area contributed by atoms with Crippen LogP contribution < -0.4 is 15.5 Å². The van der Waals surface area contributed by atoms with Gasteiger partial charge in [-0.25, -0.2) is 8.78 Å². The number of hydrogen-bond acceptors (Lipinski definition) is 6. The van der Waals surface area contributed by atoms with Crippen LogP contribution in [0.1, 0.15) is 21.7 Å². The number of halogens is 6. The fraction of sp³-hybridized carbons (Fsp3) is 0.409. The van der Waals surface area contributed by atoms with E-state index >= 15 is 0 Å². The molecule has 1 aliphatic heterocycles. The molecule has 15 heteroatoms. The predicted octanol–water partition coefficient (Wildman–Crippen LogP) is 3.93. The van der Waals surface area contributed by atoms with Crippen molar-refractivity contribution in [3.05, 3.63) is 45.1 Å². The molecule has 8 nitrogen and oxygen atoms in total. The molecular weight excluding hydrogens is 547 g/mol. The minimum Gasteiger partial charge on any atom is -0.370 e. The molecule has 3 rings (SSSR count). The highest BCUT2D eigenvalue weighted by Gasteiger charge is 2.35. The lowest BCUT2D eigenvalue weighted by Crippen LogP contribution is -2.51. The highest BCUT2D eigenvalue weighted by Crippen LogP contribution is 2.33. The molecule has 0 unspecified atom stereocenters. The van der Waals surface area contributed by atoms with E-state index in [4.69, 9.17) is 16.3 Å². The number of carbonyl (C=O) groups excluding carboxylic acids is 3. The zero-order valence-corrected chi connectivity index (χ0v) is 20.9. The van der Waals surface area contributed by atoms with Crippen LogP contribution in [0.2, 0.25) is 4.34 Å². The van der Waals surface area contributed by atoms with Crippen molar-refractivity contribution in [2.24, 2.45) is 0 Å². The topological polar surface area (TPSA) is 91.0 Å². The Kier molecular flexibility index (Phi) is 9.45. The van der Waals surface area contributed by atoms with Gasteiger partial charge in [0, 0.05) is 24.3 Å². The predicted molar refractivity (Wildman–Crippen MR) is 127 cm³/mol. The summed E-state index contributed by atoms with van der Waals surface area (Å²) >= 11 is 6.74. The third-order valence-electron chi connectivity index (χ3n) is 5.32. The minimum absolute atomic E-state index is 0.0592. The molecule has 1 aromatic carbocycles. The first-order chi connectivity index (χ1) is 17.4. The number of nitrogens with one attached hydrogen (secondary N) is 2. The second kappa shape index (κ2) is 12.2. The lowest BCUT2D eigenvalue weighted by Gasteiger charge is -2.29. The van der Waals surface area contributed by atoms with E-state index in [-0.39, 0.29) is 36.0 Å². The largest absolute Gasteiger partial charge is 0.401 e. The molecular formula is C22H22ClF5N4O4S. The number of carbonyl (C=O) groups is 3. The standard InChI is InChI=1S/C22H22ClF5N4O4S/c1-31(11-22(26,27)28)15(9-29-21(35)16-4-5-17(23)37-16)20(34)30-12-2-3-14(13(8-12)19(24)25)32-6-7-36-10-18(32)33/h2-5,8,15,19H,6-7,9-11H2,1H3,(H,29,35)(H,30,34)/t15-/m0/s1. The Morgan fingerprint density at radius 3 is 2.57 bits per heavy atom. The Morgan fingerprint density at radius 1 is 1.24 bits per heavy atom. The van der Waals surface area contributed by atoms with Crippen molar-refractivity contribution in [2.75, 3.05) is 50.1 Å². The van der Waals surface area contributed by atoms with Crippen LogP contribution in [0.4, 0.5) is 33.3 Å². The van der Waals surface area contributed by atoms with Gasteiger partial charge in [0.25, 0.3) is 18.2 Å². The highest BCUT2D eigenvalue weighted by molar-refractivity contribution is 7.18. The van der Waals surface area contributed by atoms with Crippen LogP contribution in [-0.4, -0.2) is 74.7 Å². The van der Waals surface area contributed by atoms with E-state index in [2.05, 4.69) is 10.6 Å². The summed E-state index contributed by atoms with van der Waals surface area (Å²) in [5, 5.41) is 4.73. The van der Waals surface area contributed by atoms with Crippen molar-refractivity contribution in [2.45, 2.75) is 18.6 Å². The smallest absolute Gasteiger partial charge is 0.370 e. The molecule has 1 atom stereocenters. The average molecular weight is 569 g/mol. The van der Waals surface area contributed by atoms with Crippen molar-refractivity contribution in [1.29, 1.82) is 0 Å². The number of alkyl halides is 5. The first-order valence-corrected chi connectivity index (χ1v) is 12.0. The maximum Gasteiger partial charge on any atom is 0.401 e. The lowest BCUT2D eigenvalue weighted by atomic mass is 10.1. The molecule has 0 spiro atoms. The molecule has 2 N–H and O–H groups in total. The molecule has 1 saturated heterocycles. The Balaban J connectivity index is 1.79. The Labute approximate surface area is 217 Å². The lowest BCUT2D eigenvalue weighted by molar-refractivity contribution is -0.150. The first-order valence-electron chi connectivity index (χ1n) is 10.8. The zero-order valence-electron chi connectivity index (χ0n) is 19.3. The van der Waals surface area contributed by atoms with E-state index in [9.17, 15) is 36.3 Å². The number of likely N-dealkylation sites (N-methyl/N-ethyl adjacent to an activating group) is 1. The molecule has 202 valence electrons. The van der Waals surface area contributed by atoms with E-state index in [1.807, 2.05) is 0 Å². The molecule has 3 amide bonds. The molecule has 2 aromatic rings. The average Bonchev–Trinajstić information content (AvgIpc) is 3.24. The number of nitrogens with zero attached hydrogens (tertiary/aromatic N) is 2. The number of rotatable bonds is 9.